The first-order chi connectivity index (χ1) is 14.1. The lowest BCUT2D eigenvalue weighted by atomic mass is 10.1. The van der Waals surface area contributed by atoms with Crippen LogP contribution in [0.5, 0.6) is 0 Å². The second-order valence-electron chi connectivity index (χ2n) is 6.28. The number of hydrogen-bond acceptors (Lipinski definition) is 4. The fourth-order valence-electron chi connectivity index (χ4n) is 2.88. The van der Waals surface area contributed by atoms with Crippen LogP contribution in [-0.4, -0.2) is 25.8 Å². The quantitative estimate of drug-likeness (QED) is 0.454. The van der Waals surface area contributed by atoms with E-state index in [0.717, 1.165) is 11.3 Å². The highest BCUT2D eigenvalue weighted by atomic mass is 32.2. The number of para-hydroxylation sites is 1. The van der Waals surface area contributed by atoms with Gasteiger partial charge in [-0.15, -0.1) is 10.2 Å². The molecule has 1 aromatic heterocycles. The van der Waals surface area contributed by atoms with Crippen molar-refractivity contribution < 1.29 is 14.3 Å². The van der Waals surface area contributed by atoms with Gasteiger partial charge in [0, 0.05) is 17.0 Å². The van der Waals surface area contributed by atoms with Crippen molar-refractivity contribution in [3.8, 4) is 17.1 Å². The number of aromatic nitrogens is 3. The van der Waals surface area contributed by atoms with E-state index in [9.17, 15) is 9.18 Å². The molecule has 0 unspecified atom stereocenters. The van der Waals surface area contributed by atoms with Gasteiger partial charge in [-0.3, -0.25) is 4.57 Å². The monoisotopic (exact) mass is 405 g/mol. The fourth-order valence-corrected chi connectivity index (χ4v) is 3.79. The molecular formula is C22H16FN3O2S. The van der Waals surface area contributed by atoms with E-state index in [1.807, 2.05) is 34.9 Å². The summed E-state index contributed by atoms with van der Waals surface area (Å²) in [7, 11) is 0. The van der Waals surface area contributed by atoms with Gasteiger partial charge < -0.3 is 5.11 Å². The number of halogens is 1. The Hall–Kier alpha value is -3.45. The number of aromatic carboxylic acids is 1. The van der Waals surface area contributed by atoms with Crippen molar-refractivity contribution >= 4 is 17.7 Å². The van der Waals surface area contributed by atoms with Crippen LogP contribution in [0.4, 0.5) is 4.39 Å². The summed E-state index contributed by atoms with van der Waals surface area (Å²) in [5, 5.41) is 18.3. The van der Waals surface area contributed by atoms with Gasteiger partial charge in [-0.1, -0.05) is 54.2 Å². The van der Waals surface area contributed by atoms with E-state index >= 15 is 0 Å². The number of carboxylic acids is 1. The van der Waals surface area contributed by atoms with E-state index in [2.05, 4.69) is 10.2 Å². The molecule has 29 heavy (non-hydrogen) atoms. The number of rotatable bonds is 6. The average molecular weight is 405 g/mol. The summed E-state index contributed by atoms with van der Waals surface area (Å²) in [6.45, 7) is 0. The molecule has 0 fully saturated rings. The second kappa shape index (κ2) is 8.28. The van der Waals surface area contributed by atoms with Crippen molar-refractivity contribution in [2.75, 3.05) is 0 Å². The molecule has 1 N–H and O–H groups in total. The first kappa shape index (κ1) is 18.9. The molecule has 0 atom stereocenters. The number of carbonyl (C=O) groups is 1. The van der Waals surface area contributed by atoms with Gasteiger partial charge in [0.2, 0.25) is 0 Å². The van der Waals surface area contributed by atoms with Gasteiger partial charge in [0.25, 0.3) is 0 Å². The van der Waals surface area contributed by atoms with Gasteiger partial charge in [0.15, 0.2) is 11.0 Å². The van der Waals surface area contributed by atoms with Gasteiger partial charge in [-0.05, 0) is 42.0 Å². The maximum atomic E-state index is 13.7. The van der Waals surface area contributed by atoms with Gasteiger partial charge in [0.1, 0.15) is 5.82 Å². The zero-order valence-electron chi connectivity index (χ0n) is 15.2. The largest absolute Gasteiger partial charge is 0.478 e. The summed E-state index contributed by atoms with van der Waals surface area (Å²) in [6.07, 6.45) is 0. The van der Waals surface area contributed by atoms with Crippen LogP contribution in [0.15, 0.2) is 84.0 Å². The summed E-state index contributed by atoms with van der Waals surface area (Å²) in [6, 6.07) is 22.6. The molecule has 0 radical (unpaired) electrons. The van der Waals surface area contributed by atoms with Crippen molar-refractivity contribution in [1.82, 2.24) is 14.8 Å². The molecule has 4 rings (SSSR count). The Balaban J connectivity index is 1.67. The van der Waals surface area contributed by atoms with E-state index < -0.39 is 5.97 Å². The molecule has 3 aromatic carbocycles. The highest BCUT2D eigenvalue weighted by Gasteiger charge is 2.16. The summed E-state index contributed by atoms with van der Waals surface area (Å²) in [5.74, 6) is -0.140. The minimum atomic E-state index is -0.951. The smallest absolute Gasteiger partial charge is 0.335 e. The Kier molecular flexibility index (Phi) is 5.39. The first-order valence-corrected chi connectivity index (χ1v) is 9.82. The standard InChI is InChI=1S/C22H16FN3O2S/c23-18-6-4-5-17(13-18)20-24-25-22(26(20)19-7-2-1-3-8-19)29-14-15-9-11-16(12-10-15)21(27)28/h1-13H,14H2,(H,27,28). The van der Waals surface area contributed by atoms with Crippen molar-refractivity contribution in [2.24, 2.45) is 0 Å². The van der Waals surface area contributed by atoms with Crippen LogP contribution in [0, 0.1) is 5.82 Å². The minimum Gasteiger partial charge on any atom is -0.478 e. The Morgan fingerprint density at radius 1 is 0.966 bits per heavy atom. The molecule has 7 heteroatoms. The molecule has 0 bridgehead atoms. The zero-order valence-corrected chi connectivity index (χ0v) is 16.0. The predicted molar refractivity (Wildman–Crippen MR) is 110 cm³/mol. The third-order valence-corrected chi connectivity index (χ3v) is 5.30. The van der Waals surface area contributed by atoms with Crippen LogP contribution in [0.3, 0.4) is 0 Å². The van der Waals surface area contributed by atoms with Crippen molar-refractivity contribution in [2.45, 2.75) is 10.9 Å². The molecule has 5 nitrogen and oxygen atoms in total. The third kappa shape index (κ3) is 4.20. The molecule has 4 aromatic rings. The van der Waals surface area contributed by atoms with E-state index in [-0.39, 0.29) is 11.4 Å². The number of nitrogens with zero attached hydrogens (tertiary/aromatic N) is 3. The molecule has 1 heterocycles. The summed E-state index contributed by atoms with van der Waals surface area (Å²) < 4.78 is 15.6. The Morgan fingerprint density at radius 3 is 2.41 bits per heavy atom. The van der Waals surface area contributed by atoms with Crippen LogP contribution in [0.25, 0.3) is 17.1 Å². The molecule has 0 aliphatic heterocycles. The molecule has 144 valence electrons. The number of carboxylic acid groups (broad SMARTS) is 1. The maximum Gasteiger partial charge on any atom is 0.335 e. The molecule has 0 amide bonds. The molecule has 0 spiro atoms. The summed E-state index contributed by atoms with van der Waals surface area (Å²) in [4.78, 5) is 11.0. The molecular weight excluding hydrogens is 389 g/mol. The van der Waals surface area contributed by atoms with Crippen LogP contribution >= 0.6 is 11.8 Å². The summed E-state index contributed by atoms with van der Waals surface area (Å²) in [5.41, 5.74) is 2.73. The predicted octanol–water partition coefficient (Wildman–Crippen LogP) is 5.06. The molecule has 0 saturated heterocycles. The second-order valence-corrected chi connectivity index (χ2v) is 7.22. The maximum absolute atomic E-state index is 13.7. The molecule has 0 aliphatic rings. The third-order valence-electron chi connectivity index (χ3n) is 4.30. The lowest BCUT2D eigenvalue weighted by molar-refractivity contribution is 0.0697. The van der Waals surface area contributed by atoms with E-state index in [1.54, 1.807) is 36.4 Å². The van der Waals surface area contributed by atoms with Crippen molar-refractivity contribution in [3.63, 3.8) is 0 Å². The highest BCUT2D eigenvalue weighted by molar-refractivity contribution is 7.98. The van der Waals surface area contributed by atoms with Crippen molar-refractivity contribution in [1.29, 1.82) is 0 Å². The van der Waals surface area contributed by atoms with Crippen LogP contribution < -0.4 is 0 Å². The topological polar surface area (TPSA) is 68.0 Å². The van der Waals surface area contributed by atoms with E-state index in [0.29, 0.717) is 22.3 Å². The first-order valence-electron chi connectivity index (χ1n) is 8.83. The lowest BCUT2D eigenvalue weighted by Gasteiger charge is -2.10. The minimum absolute atomic E-state index is 0.250. The van der Waals surface area contributed by atoms with Crippen LogP contribution in [0.1, 0.15) is 15.9 Å². The highest BCUT2D eigenvalue weighted by Crippen LogP contribution is 2.30. The molecule has 0 saturated carbocycles. The van der Waals surface area contributed by atoms with E-state index in [1.165, 1.54) is 23.9 Å². The lowest BCUT2D eigenvalue weighted by Crippen LogP contribution is -2.00. The van der Waals surface area contributed by atoms with Crippen LogP contribution in [0.2, 0.25) is 0 Å². The van der Waals surface area contributed by atoms with Gasteiger partial charge in [-0.2, -0.15) is 0 Å². The van der Waals surface area contributed by atoms with Crippen molar-refractivity contribution in [3.05, 3.63) is 95.8 Å². The molecule has 0 aliphatic carbocycles. The van der Waals surface area contributed by atoms with E-state index in [4.69, 9.17) is 5.11 Å². The Labute approximate surface area is 170 Å². The summed E-state index contributed by atoms with van der Waals surface area (Å²) >= 11 is 1.48. The van der Waals surface area contributed by atoms with Gasteiger partial charge in [-0.25, -0.2) is 9.18 Å². The normalized spacial score (nSPS) is 10.8. The number of hydrogen-bond donors (Lipinski definition) is 1. The number of benzene rings is 3. The van der Waals surface area contributed by atoms with Gasteiger partial charge >= 0.3 is 5.97 Å². The number of thioether (sulfide) groups is 1. The van der Waals surface area contributed by atoms with Gasteiger partial charge in [0.05, 0.1) is 5.56 Å². The zero-order chi connectivity index (χ0) is 20.2. The SMILES string of the molecule is O=C(O)c1ccc(CSc2nnc(-c3cccc(F)c3)n2-c2ccccc2)cc1. The average Bonchev–Trinajstić information content (AvgIpc) is 3.17. The fraction of sp³-hybridized carbons (Fsp3) is 0.0455. The Bertz CT molecular complexity index is 1140. The van der Waals surface area contributed by atoms with Crippen LogP contribution in [-0.2, 0) is 5.75 Å². The Morgan fingerprint density at radius 2 is 1.72 bits per heavy atom.